The zero-order chi connectivity index (χ0) is 18.8. The number of rotatable bonds is 5. The van der Waals surface area contributed by atoms with Crippen LogP contribution in [0.3, 0.4) is 0 Å². The quantitative estimate of drug-likeness (QED) is 0.624. The van der Waals surface area contributed by atoms with E-state index in [1.54, 1.807) is 30.0 Å². The average Bonchev–Trinajstić information content (AvgIpc) is 3.30. The highest BCUT2D eigenvalue weighted by Crippen LogP contribution is 2.31. The summed E-state index contributed by atoms with van der Waals surface area (Å²) in [7, 11) is 0. The van der Waals surface area contributed by atoms with Gasteiger partial charge in [-0.15, -0.1) is 12.4 Å². The molecule has 1 amide bonds. The molecule has 0 aliphatic carbocycles. The number of thiazole rings is 1. The van der Waals surface area contributed by atoms with Gasteiger partial charge in [0.25, 0.3) is 5.91 Å². The predicted octanol–water partition coefficient (Wildman–Crippen LogP) is 3.13. The highest BCUT2D eigenvalue weighted by Gasteiger charge is 2.26. The summed E-state index contributed by atoms with van der Waals surface area (Å²) in [6.45, 7) is 5.84. The Kier molecular flexibility index (Phi) is 6.61. The number of morpholine rings is 1. The minimum Gasteiger partial charge on any atom is -0.379 e. The molecule has 150 valence electrons. The molecular weight excluding hydrogens is 407 g/mol. The molecule has 1 aliphatic rings. The number of hydrogen-bond acceptors (Lipinski definition) is 7. The third-order valence-corrected chi connectivity index (χ3v) is 5.46. The summed E-state index contributed by atoms with van der Waals surface area (Å²) in [6, 6.07) is 6.39. The summed E-state index contributed by atoms with van der Waals surface area (Å²) in [5.74, 6) is -0.580. The first-order chi connectivity index (χ1) is 13.1. The van der Waals surface area contributed by atoms with E-state index in [0.717, 1.165) is 13.1 Å². The first-order valence-electron chi connectivity index (χ1n) is 8.72. The monoisotopic (exact) mass is 426 g/mol. The van der Waals surface area contributed by atoms with Gasteiger partial charge in [-0.05, 0) is 19.1 Å². The minimum absolute atomic E-state index is 0. The Hall–Kier alpha value is -2.07. The third kappa shape index (κ3) is 4.33. The number of carbonyl (C=O) groups is 1. The fourth-order valence-corrected chi connectivity index (χ4v) is 3.97. The zero-order valence-electron chi connectivity index (χ0n) is 15.3. The highest BCUT2D eigenvalue weighted by atomic mass is 35.5. The molecule has 1 aromatic carbocycles. The van der Waals surface area contributed by atoms with E-state index >= 15 is 0 Å². The lowest BCUT2D eigenvalue weighted by Crippen LogP contribution is -2.43. The second-order valence-corrected chi connectivity index (χ2v) is 7.34. The Balaban J connectivity index is 0.00000225. The van der Waals surface area contributed by atoms with E-state index in [1.165, 1.54) is 17.4 Å². The van der Waals surface area contributed by atoms with Gasteiger partial charge in [-0.2, -0.15) is 0 Å². The van der Waals surface area contributed by atoms with Crippen LogP contribution in [0.2, 0.25) is 0 Å². The molecule has 2 aromatic heterocycles. The maximum absolute atomic E-state index is 14.1. The molecule has 0 unspecified atom stereocenters. The number of para-hydroxylation sites is 1. The second kappa shape index (κ2) is 8.95. The molecule has 7 nitrogen and oxygen atoms in total. The standard InChI is InChI=1S/C18H19FN4O3S.ClH/c1-12-11-14(26-21-12)17(24)23(6-5-22-7-9-25-10-8-22)18-20-16-13(19)3-2-4-15(16)27-18;/h2-4,11H,5-10H2,1H3;1H. The topological polar surface area (TPSA) is 71.7 Å². The molecule has 1 fully saturated rings. The second-order valence-electron chi connectivity index (χ2n) is 6.33. The van der Waals surface area contributed by atoms with E-state index in [-0.39, 0.29) is 29.6 Å². The van der Waals surface area contributed by atoms with Crippen molar-refractivity contribution in [2.24, 2.45) is 0 Å². The minimum atomic E-state index is -0.397. The van der Waals surface area contributed by atoms with Gasteiger partial charge in [0.15, 0.2) is 5.13 Å². The summed E-state index contributed by atoms with van der Waals surface area (Å²) in [6.07, 6.45) is 0. The van der Waals surface area contributed by atoms with Crippen molar-refractivity contribution in [3.63, 3.8) is 0 Å². The lowest BCUT2D eigenvalue weighted by molar-refractivity contribution is 0.0390. The van der Waals surface area contributed by atoms with Crippen LogP contribution in [-0.4, -0.2) is 60.3 Å². The number of amides is 1. The number of ether oxygens (including phenoxy) is 1. The molecule has 0 N–H and O–H groups in total. The van der Waals surface area contributed by atoms with Gasteiger partial charge in [0.2, 0.25) is 5.76 Å². The lowest BCUT2D eigenvalue weighted by atomic mass is 10.3. The van der Waals surface area contributed by atoms with Crippen molar-refractivity contribution < 1.29 is 18.4 Å². The summed E-state index contributed by atoms with van der Waals surface area (Å²) in [5.41, 5.74) is 0.900. The third-order valence-electron chi connectivity index (χ3n) is 4.42. The number of aromatic nitrogens is 2. The van der Waals surface area contributed by atoms with Crippen molar-refractivity contribution in [3.05, 3.63) is 41.5 Å². The van der Waals surface area contributed by atoms with Crippen LogP contribution in [0.25, 0.3) is 10.2 Å². The van der Waals surface area contributed by atoms with Crippen molar-refractivity contribution in [1.82, 2.24) is 15.0 Å². The predicted molar refractivity (Wildman–Crippen MR) is 107 cm³/mol. The van der Waals surface area contributed by atoms with Crippen LogP contribution in [0, 0.1) is 12.7 Å². The van der Waals surface area contributed by atoms with Crippen LogP contribution < -0.4 is 4.90 Å². The van der Waals surface area contributed by atoms with E-state index in [2.05, 4.69) is 15.0 Å². The Morgan fingerprint density at radius 1 is 1.36 bits per heavy atom. The Bertz CT molecular complexity index is 957. The van der Waals surface area contributed by atoms with Crippen molar-refractivity contribution in [2.75, 3.05) is 44.3 Å². The lowest BCUT2D eigenvalue weighted by Gasteiger charge is -2.28. The van der Waals surface area contributed by atoms with Crippen LogP contribution in [-0.2, 0) is 4.74 Å². The van der Waals surface area contributed by atoms with Crippen LogP contribution >= 0.6 is 23.7 Å². The van der Waals surface area contributed by atoms with Gasteiger partial charge in [0.1, 0.15) is 11.3 Å². The number of nitrogens with zero attached hydrogens (tertiary/aromatic N) is 4. The molecule has 3 aromatic rings. The molecule has 1 aliphatic heterocycles. The molecule has 1 saturated heterocycles. The largest absolute Gasteiger partial charge is 0.379 e. The maximum atomic E-state index is 14.1. The van der Waals surface area contributed by atoms with E-state index in [9.17, 15) is 9.18 Å². The average molecular weight is 427 g/mol. The summed E-state index contributed by atoms with van der Waals surface area (Å²) in [5, 5.41) is 4.24. The molecule has 10 heteroatoms. The SMILES string of the molecule is Cc1cc(C(=O)N(CCN2CCOCC2)c2nc3c(F)cccc3s2)on1.Cl. The number of benzene rings is 1. The molecular formula is C18H20ClFN4O3S. The number of halogens is 2. The van der Waals surface area contributed by atoms with Gasteiger partial charge in [-0.3, -0.25) is 14.6 Å². The molecule has 3 heterocycles. The van der Waals surface area contributed by atoms with E-state index in [0.29, 0.717) is 41.8 Å². The summed E-state index contributed by atoms with van der Waals surface area (Å²) in [4.78, 5) is 21.2. The number of anilines is 1. The number of fused-ring (bicyclic) bond motifs is 1. The van der Waals surface area contributed by atoms with E-state index < -0.39 is 5.82 Å². The van der Waals surface area contributed by atoms with Gasteiger partial charge in [0, 0.05) is 32.2 Å². The molecule has 0 spiro atoms. The Morgan fingerprint density at radius 3 is 2.82 bits per heavy atom. The normalized spacial score (nSPS) is 14.8. The summed E-state index contributed by atoms with van der Waals surface area (Å²) < 4.78 is 25.3. The van der Waals surface area contributed by atoms with E-state index in [4.69, 9.17) is 9.26 Å². The van der Waals surface area contributed by atoms with Crippen molar-refractivity contribution in [2.45, 2.75) is 6.92 Å². The first-order valence-corrected chi connectivity index (χ1v) is 9.54. The molecule has 0 saturated carbocycles. The van der Waals surface area contributed by atoms with Crippen LogP contribution in [0.4, 0.5) is 9.52 Å². The molecule has 4 rings (SSSR count). The van der Waals surface area contributed by atoms with Crippen LogP contribution in [0.1, 0.15) is 16.2 Å². The highest BCUT2D eigenvalue weighted by molar-refractivity contribution is 7.22. The first kappa shape index (κ1) is 20.7. The number of carbonyl (C=O) groups excluding carboxylic acids is 1. The van der Waals surface area contributed by atoms with Crippen molar-refractivity contribution >= 4 is 45.0 Å². The Morgan fingerprint density at radius 2 is 2.14 bits per heavy atom. The molecule has 28 heavy (non-hydrogen) atoms. The molecule has 0 bridgehead atoms. The zero-order valence-corrected chi connectivity index (χ0v) is 16.9. The fourth-order valence-electron chi connectivity index (χ4n) is 2.97. The van der Waals surface area contributed by atoms with Crippen molar-refractivity contribution in [1.29, 1.82) is 0 Å². The number of hydrogen-bond donors (Lipinski definition) is 0. The van der Waals surface area contributed by atoms with Gasteiger partial charge in [-0.1, -0.05) is 22.6 Å². The summed E-state index contributed by atoms with van der Waals surface area (Å²) >= 11 is 1.28. The maximum Gasteiger partial charge on any atom is 0.298 e. The Labute approximate surface area is 171 Å². The van der Waals surface area contributed by atoms with Gasteiger partial charge in [0.05, 0.1) is 23.6 Å². The van der Waals surface area contributed by atoms with Crippen LogP contribution in [0.5, 0.6) is 0 Å². The van der Waals surface area contributed by atoms with E-state index in [1.807, 2.05) is 0 Å². The molecule has 0 atom stereocenters. The molecule has 0 radical (unpaired) electrons. The smallest absolute Gasteiger partial charge is 0.298 e. The fraction of sp³-hybridized carbons (Fsp3) is 0.389. The van der Waals surface area contributed by atoms with Crippen molar-refractivity contribution in [3.8, 4) is 0 Å². The van der Waals surface area contributed by atoms with Gasteiger partial charge >= 0.3 is 0 Å². The number of aryl methyl sites for hydroxylation is 1. The van der Waals surface area contributed by atoms with Gasteiger partial charge in [-0.25, -0.2) is 9.37 Å². The van der Waals surface area contributed by atoms with Gasteiger partial charge < -0.3 is 9.26 Å². The van der Waals surface area contributed by atoms with Crippen LogP contribution in [0.15, 0.2) is 28.8 Å².